The Morgan fingerprint density at radius 1 is 1.11 bits per heavy atom. The number of aromatic nitrogens is 4. The van der Waals surface area contributed by atoms with Crippen LogP contribution in [0.2, 0.25) is 0 Å². The minimum atomic E-state index is -0.745. The van der Waals surface area contributed by atoms with Gasteiger partial charge in [-0.3, -0.25) is 4.79 Å². The lowest BCUT2D eigenvalue weighted by Gasteiger charge is -2.19. The third-order valence-corrected chi connectivity index (χ3v) is 7.66. The highest BCUT2D eigenvalue weighted by atomic mass is 19.1. The number of halogens is 1. The molecule has 7 nitrogen and oxygen atoms in total. The highest BCUT2D eigenvalue weighted by Crippen LogP contribution is 2.48. The smallest absolute Gasteiger partial charge is 0.307 e. The number of aryl methyl sites for hydroxylation is 3. The van der Waals surface area contributed by atoms with E-state index >= 15 is 4.39 Å². The predicted molar refractivity (Wildman–Crippen MR) is 136 cm³/mol. The molecule has 1 N–H and O–H groups in total. The second-order valence-electron chi connectivity index (χ2n) is 10.1. The summed E-state index contributed by atoms with van der Waals surface area (Å²) in [6, 6.07) is 15.1. The van der Waals surface area contributed by atoms with Gasteiger partial charge in [0.15, 0.2) is 5.82 Å². The molecule has 8 heteroatoms. The van der Waals surface area contributed by atoms with Crippen molar-refractivity contribution in [2.24, 2.45) is 13.0 Å². The van der Waals surface area contributed by atoms with Gasteiger partial charge >= 0.3 is 5.97 Å². The quantitative estimate of drug-likeness (QED) is 0.375. The Hall–Kier alpha value is -4.07. The van der Waals surface area contributed by atoms with Crippen molar-refractivity contribution in [3.05, 3.63) is 82.2 Å². The van der Waals surface area contributed by atoms with E-state index in [0.29, 0.717) is 30.0 Å². The van der Waals surface area contributed by atoms with Crippen LogP contribution in [0.3, 0.4) is 0 Å². The lowest BCUT2D eigenvalue weighted by atomic mass is 9.89. The largest absolute Gasteiger partial charge is 0.486 e. The average Bonchev–Trinajstić information content (AvgIpc) is 3.39. The molecular weight excluding hydrogens is 471 g/mol. The summed E-state index contributed by atoms with van der Waals surface area (Å²) in [4.78, 5) is 11.2. The van der Waals surface area contributed by atoms with Crippen LogP contribution in [0.5, 0.6) is 5.75 Å². The van der Waals surface area contributed by atoms with E-state index in [1.54, 1.807) is 4.68 Å². The van der Waals surface area contributed by atoms with E-state index in [1.165, 1.54) is 6.07 Å². The second-order valence-corrected chi connectivity index (χ2v) is 10.1. The van der Waals surface area contributed by atoms with Crippen molar-refractivity contribution in [1.82, 2.24) is 20.2 Å². The Balaban J connectivity index is 1.29. The maximum atomic E-state index is 15.2. The van der Waals surface area contributed by atoms with Gasteiger partial charge in [0.2, 0.25) is 0 Å². The van der Waals surface area contributed by atoms with E-state index in [0.717, 1.165) is 45.4 Å². The van der Waals surface area contributed by atoms with Gasteiger partial charge in [-0.05, 0) is 113 Å². The summed E-state index contributed by atoms with van der Waals surface area (Å²) < 4.78 is 23.1. The minimum absolute atomic E-state index is 0.0709. The van der Waals surface area contributed by atoms with Crippen molar-refractivity contribution in [2.75, 3.05) is 0 Å². The summed E-state index contributed by atoms with van der Waals surface area (Å²) in [5, 5.41) is 21.0. The summed E-state index contributed by atoms with van der Waals surface area (Å²) >= 11 is 0. The number of hydrogen-bond donors (Lipinski definition) is 1. The van der Waals surface area contributed by atoms with E-state index in [4.69, 9.17) is 4.74 Å². The fraction of sp³-hybridized carbons (Fsp3) is 0.310. The van der Waals surface area contributed by atoms with Crippen molar-refractivity contribution >= 4 is 5.97 Å². The first-order valence-electron chi connectivity index (χ1n) is 12.5. The number of hydrogen-bond acceptors (Lipinski definition) is 5. The van der Waals surface area contributed by atoms with Crippen molar-refractivity contribution < 1.29 is 19.0 Å². The van der Waals surface area contributed by atoms with E-state index in [-0.39, 0.29) is 23.8 Å². The van der Waals surface area contributed by atoms with Gasteiger partial charge in [0.25, 0.3) is 0 Å². The van der Waals surface area contributed by atoms with Crippen molar-refractivity contribution in [3.8, 4) is 28.3 Å². The number of aliphatic carboxylic acids is 1. The number of benzene rings is 3. The minimum Gasteiger partial charge on any atom is -0.486 e. The molecule has 1 saturated carbocycles. The molecule has 6 rings (SSSR count). The topological polar surface area (TPSA) is 90.1 Å². The zero-order chi connectivity index (χ0) is 25.8. The molecule has 2 aliphatic rings. The van der Waals surface area contributed by atoms with Crippen molar-refractivity contribution in [1.29, 1.82) is 0 Å². The second kappa shape index (κ2) is 8.80. The van der Waals surface area contributed by atoms with Gasteiger partial charge in [0, 0.05) is 18.2 Å². The van der Waals surface area contributed by atoms with Gasteiger partial charge in [-0.2, -0.15) is 0 Å². The molecule has 1 aromatic heterocycles. The molecular formula is C29H27FN4O3. The van der Waals surface area contributed by atoms with Gasteiger partial charge in [-0.1, -0.05) is 18.2 Å². The van der Waals surface area contributed by atoms with Crippen LogP contribution in [-0.2, 0) is 18.3 Å². The summed E-state index contributed by atoms with van der Waals surface area (Å²) in [5.74, 6) is 0.137. The van der Waals surface area contributed by atoms with E-state index in [2.05, 4.69) is 41.5 Å². The number of tetrazole rings is 1. The van der Waals surface area contributed by atoms with Gasteiger partial charge in [-0.15, -0.1) is 5.10 Å². The number of carboxylic acid groups (broad SMARTS) is 1. The first-order chi connectivity index (χ1) is 17.8. The van der Waals surface area contributed by atoms with E-state index < -0.39 is 5.97 Å². The van der Waals surface area contributed by atoms with Crippen LogP contribution in [-0.4, -0.2) is 31.3 Å². The third kappa shape index (κ3) is 4.06. The Morgan fingerprint density at radius 2 is 1.84 bits per heavy atom. The SMILES string of the molecule is Cc1cc(-c2nnnn2C)cc(C)c1-c1ccc(F)c2c1CC[C@H]2Oc1ccc([C@H]2C[C@@H]2C(=O)O)cc1. The zero-order valence-electron chi connectivity index (χ0n) is 20.9. The fourth-order valence-corrected chi connectivity index (χ4v) is 5.81. The molecule has 1 fully saturated rings. The third-order valence-electron chi connectivity index (χ3n) is 7.66. The Morgan fingerprint density at radius 3 is 2.46 bits per heavy atom. The Kier molecular flexibility index (Phi) is 5.55. The van der Waals surface area contributed by atoms with Gasteiger partial charge in [-0.25, -0.2) is 9.07 Å². The van der Waals surface area contributed by atoms with Crippen LogP contribution in [0.15, 0.2) is 48.5 Å². The number of ether oxygens (including phenoxy) is 1. The first kappa shape index (κ1) is 23.3. The number of carboxylic acids is 1. The standard InChI is InChI=1S/C29H27FN4O3/c1-15-12-18(28-31-32-33-34(28)3)13-16(2)26(15)20-8-10-24(30)27-21(20)9-11-25(27)37-19-6-4-17(5-7-19)22-14-23(22)29(35)36/h4-8,10,12-13,22-23,25H,9,11,14H2,1-3H3,(H,35,36)/t22-,23+,25-/m1/s1. The number of rotatable bonds is 6. The fourth-order valence-electron chi connectivity index (χ4n) is 5.81. The molecule has 3 aromatic carbocycles. The van der Waals surface area contributed by atoms with Gasteiger partial charge in [0.05, 0.1) is 5.92 Å². The maximum absolute atomic E-state index is 15.2. The van der Waals surface area contributed by atoms with Gasteiger partial charge < -0.3 is 9.84 Å². The van der Waals surface area contributed by atoms with Crippen LogP contribution >= 0.6 is 0 Å². The van der Waals surface area contributed by atoms with Crippen LogP contribution < -0.4 is 4.74 Å². The predicted octanol–water partition coefficient (Wildman–Crippen LogP) is 5.55. The molecule has 37 heavy (non-hydrogen) atoms. The van der Waals surface area contributed by atoms with Crippen molar-refractivity contribution in [2.45, 2.75) is 45.1 Å². The van der Waals surface area contributed by atoms with E-state index in [1.807, 2.05) is 37.4 Å². The summed E-state index contributed by atoms with van der Waals surface area (Å²) in [6.07, 6.45) is 1.71. The summed E-state index contributed by atoms with van der Waals surface area (Å²) in [5.41, 5.74) is 7.83. The van der Waals surface area contributed by atoms with Gasteiger partial charge in [0.1, 0.15) is 17.7 Å². The van der Waals surface area contributed by atoms with Crippen LogP contribution in [0.1, 0.15) is 52.7 Å². The summed E-state index contributed by atoms with van der Waals surface area (Å²) in [7, 11) is 1.81. The molecule has 0 radical (unpaired) electrons. The summed E-state index contributed by atoms with van der Waals surface area (Å²) in [6.45, 7) is 4.12. The molecule has 2 aliphatic carbocycles. The number of carbonyl (C=O) groups is 1. The van der Waals surface area contributed by atoms with Crippen molar-refractivity contribution in [3.63, 3.8) is 0 Å². The molecule has 0 aliphatic heterocycles. The Bertz CT molecular complexity index is 1510. The molecule has 0 bridgehead atoms. The highest BCUT2D eigenvalue weighted by Gasteiger charge is 2.44. The molecule has 188 valence electrons. The van der Waals surface area contributed by atoms with E-state index in [9.17, 15) is 9.90 Å². The lowest BCUT2D eigenvalue weighted by Crippen LogP contribution is -2.06. The first-order valence-corrected chi connectivity index (χ1v) is 12.5. The van der Waals surface area contributed by atoms with Crippen LogP contribution in [0.4, 0.5) is 4.39 Å². The molecule has 0 unspecified atom stereocenters. The maximum Gasteiger partial charge on any atom is 0.307 e. The molecule has 1 heterocycles. The molecule has 0 amide bonds. The average molecular weight is 499 g/mol. The molecule has 3 atom stereocenters. The number of fused-ring (bicyclic) bond motifs is 1. The molecule has 0 spiro atoms. The number of nitrogens with zero attached hydrogens (tertiary/aromatic N) is 4. The highest BCUT2D eigenvalue weighted by molar-refractivity contribution is 5.78. The monoisotopic (exact) mass is 498 g/mol. The molecule has 0 saturated heterocycles. The van der Waals surface area contributed by atoms with Crippen LogP contribution in [0, 0.1) is 25.6 Å². The lowest BCUT2D eigenvalue weighted by molar-refractivity contribution is -0.138. The normalized spacial score (nSPS) is 20.1. The molecule has 4 aromatic rings. The zero-order valence-corrected chi connectivity index (χ0v) is 20.9. The van der Waals surface area contributed by atoms with Crippen LogP contribution in [0.25, 0.3) is 22.5 Å². The Labute approximate surface area is 213 Å².